The minimum absolute atomic E-state index is 0.0731. The zero-order valence-corrected chi connectivity index (χ0v) is 16.0. The van der Waals surface area contributed by atoms with Gasteiger partial charge in [0.05, 0.1) is 11.7 Å². The van der Waals surface area contributed by atoms with Crippen LogP contribution in [0.2, 0.25) is 0 Å². The number of nitrogens with zero attached hydrogens (tertiary/aromatic N) is 2. The van der Waals surface area contributed by atoms with Crippen LogP contribution in [0.4, 0.5) is 5.69 Å². The molecule has 140 valence electrons. The van der Waals surface area contributed by atoms with Crippen LogP contribution in [0.1, 0.15) is 56.6 Å². The molecule has 1 aromatic carbocycles. The molecule has 5 heteroatoms. The average Bonchev–Trinajstić information content (AvgIpc) is 3.08. The van der Waals surface area contributed by atoms with Crippen LogP contribution in [-0.4, -0.2) is 48.3 Å². The van der Waals surface area contributed by atoms with Crippen molar-refractivity contribution in [2.75, 3.05) is 24.6 Å². The fourth-order valence-corrected chi connectivity index (χ4v) is 4.92. The Morgan fingerprint density at radius 3 is 2.88 bits per heavy atom. The summed E-state index contributed by atoms with van der Waals surface area (Å²) < 4.78 is 5.80. The topological polar surface area (TPSA) is 56.6 Å². The highest BCUT2D eigenvalue weighted by Gasteiger charge is 2.35. The maximum absolute atomic E-state index is 12.0. The van der Waals surface area contributed by atoms with Crippen LogP contribution in [0.15, 0.2) is 12.1 Å². The number of hydrogen-bond acceptors (Lipinski definition) is 4. The van der Waals surface area contributed by atoms with E-state index in [1.807, 2.05) is 11.8 Å². The number of ketones is 1. The van der Waals surface area contributed by atoms with Gasteiger partial charge in [0.1, 0.15) is 18.2 Å². The Bertz CT molecular complexity index is 745. The first kappa shape index (κ1) is 17.5. The van der Waals surface area contributed by atoms with E-state index in [2.05, 4.69) is 24.0 Å². The number of carbonyl (C=O) groups excluding carboxylic acids is 1. The number of amidine groups is 1. The molecule has 1 N–H and O–H groups in total. The van der Waals surface area contributed by atoms with Gasteiger partial charge in [-0.3, -0.25) is 10.2 Å². The molecule has 3 unspecified atom stereocenters. The highest BCUT2D eigenvalue weighted by Crippen LogP contribution is 2.42. The van der Waals surface area contributed by atoms with E-state index in [0.717, 1.165) is 17.5 Å². The highest BCUT2D eigenvalue weighted by atomic mass is 16.5. The van der Waals surface area contributed by atoms with Crippen molar-refractivity contribution in [3.05, 3.63) is 23.3 Å². The van der Waals surface area contributed by atoms with Gasteiger partial charge in [-0.25, -0.2) is 0 Å². The van der Waals surface area contributed by atoms with Crippen molar-refractivity contribution in [2.24, 2.45) is 0 Å². The molecule has 0 bridgehead atoms. The highest BCUT2D eigenvalue weighted by molar-refractivity contribution is 6.05. The summed E-state index contributed by atoms with van der Waals surface area (Å²) in [5, 5.41) is 8.31. The number of hydrogen-bond donors (Lipinski definition) is 1. The van der Waals surface area contributed by atoms with Gasteiger partial charge in [0.15, 0.2) is 5.78 Å². The van der Waals surface area contributed by atoms with Gasteiger partial charge in [-0.1, -0.05) is 0 Å². The summed E-state index contributed by atoms with van der Waals surface area (Å²) in [4.78, 5) is 16.5. The fraction of sp³-hybridized carbons (Fsp3) is 0.619. The number of benzene rings is 1. The number of Topliss-reactive ketones (excluding diaryl/α,β-unsaturated/α-hetero) is 1. The third-order valence-electron chi connectivity index (χ3n) is 6.50. The molecular formula is C21H29N3O2. The van der Waals surface area contributed by atoms with Crippen LogP contribution in [0.5, 0.6) is 5.75 Å². The molecule has 0 radical (unpaired) electrons. The number of aryl methyl sites for hydroxylation is 1. The van der Waals surface area contributed by atoms with E-state index in [-0.39, 0.29) is 18.4 Å². The van der Waals surface area contributed by atoms with Crippen molar-refractivity contribution in [1.82, 2.24) is 4.90 Å². The molecule has 26 heavy (non-hydrogen) atoms. The number of anilines is 1. The van der Waals surface area contributed by atoms with Crippen LogP contribution in [-0.2, 0) is 4.79 Å². The Balaban J connectivity index is 1.69. The molecule has 5 nitrogen and oxygen atoms in total. The minimum Gasteiger partial charge on any atom is -0.484 e. The van der Waals surface area contributed by atoms with Gasteiger partial charge in [-0.2, -0.15) is 0 Å². The van der Waals surface area contributed by atoms with E-state index in [0.29, 0.717) is 11.8 Å². The van der Waals surface area contributed by atoms with Crippen LogP contribution in [0.25, 0.3) is 0 Å². The van der Waals surface area contributed by atoms with Crippen LogP contribution in [0.3, 0.4) is 0 Å². The van der Waals surface area contributed by atoms with Gasteiger partial charge in [0, 0.05) is 6.04 Å². The van der Waals surface area contributed by atoms with Crippen LogP contribution >= 0.6 is 0 Å². The molecule has 4 rings (SSSR count). The van der Waals surface area contributed by atoms with Crippen molar-refractivity contribution >= 4 is 17.3 Å². The van der Waals surface area contributed by atoms with E-state index in [1.165, 1.54) is 49.9 Å². The lowest BCUT2D eigenvalue weighted by molar-refractivity contribution is -0.117. The number of rotatable bonds is 3. The largest absolute Gasteiger partial charge is 0.484 e. The minimum atomic E-state index is -0.336. The van der Waals surface area contributed by atoms with Gasteiger partial charge in [-0.15, -0.1) is 0 Å². The molecule has 0 spiro atoms. The van der Waals surface area contributed by atoms with E-state index >= 15 is 0 Å². The molecule has 2 saturated heterocycles. The lowest BCUT2D eigenvalue weighted by atomic mass is 9.83. The van der Waals surface area contributed by atoms with Crippen molar-refractivity contribution < 1.29 is 9.53 Å². The molecule has 1 aromatic rings. The Morgan fingerprint density at radius 2 is 2.12 bits per heavy atom. The standard InChI is InChI=1S/C21H29N3O2/c1-13-9-20-19(24(14(2)15(3)25)21(22)12-26-20)11-18(13)16-6-8-23-7-4-5-17(23)10-16/h9,11,14,16-17,22H,4-8,10,12H2,1-3H3. The second kappa shape index (κ2) is 6.69. The predicted octanol–water partition coefficient (Wildman–Crippen LogP) is 3.49. The first-order chi connectivity index (χ1) is 12.5. The second-order valence-corrected chi connectivity index (χ2v) is 8.12. The fourth-order valence-electron chi connectivity index (χ4n) is 4.92. The molecule has 3 atom stereocenters. The Labute approximate surface area is 155 Å². The van der Waals surface area contributed by atoms with E-state index in [4.69, 9.17) is 10.1 Å². The van der Waals surface area contributed by atoms with Crippen molar-refractivity contribution in [3.8, 4) is 5.75 Å². The number of carbonyl (C=O) groups is 1. The van der Waals surface area contributed by atoms with E-state index in [1.54, 1.807) is 6.92 Å². The zero-order chi connectivity index (χ0) is 18.4. The molecule has 3 aliphatic heterocycles. The molecule has 2 fully saturated rings. The number of ether oxygens (including phenoxy) is 1. The van der Waals surface area contributed by atoms with E-state index in [9.17, 15) is 4.79 Å². The first-order valence-electron chi connectivity index (χ1n) is 9.84. The van der Waals surface area contributed by atoms with Crippen molar-refractivity contribution in [2.45, 2.75) is 64.5 Å². The average molecular weight is 355 g/mol. The Kier molecular flexibility index (Phi) is 4.51. The Morgan fingerprint density at radius 1 is 1.31 bits per heavy atom. The van der Waals surface area contributed by atoms with Gasteiger partial charge < -0.3 is 14.5 Å². The van der Waals surface area contributed by atoms with Crippen molar-refractivity contribution in [1.29, 1.82) is 5.41 Å². The lowest BCUT2D eigenvalue weighted by Gasteiger charge is -2.38. The summed E-state index contributed by atoms with van der Waals surface area (Å²) in [6, 6.07) is 4.70. The maximum atomic E-state index is 12.0. The zero-order valence-electron chi connectivity index (χ0n) is 16.0. The SMILES string of the molecule is CC(=O)C(C)N1C(=N)COc2cc(C)c(C3CCN4CCCC4C3)cc21. The maximum Gasteiger partial charge on any atom is 0.152 e. The third kappa shape index (κ3) is 2.92. The second-order valence-electron chi connectivity index (χ2n) is 8.12. The van der Waals surface area contributed by atoms with Gasteiger partial charge in [-0.05, 0) is 88.7 Å². The molecule has 3 aliphatic rings. The number of fused-ring (bicyclic) bond motifs is 2. The summed E-state index contributed by atoms with van der Waals surface area (Å²) in [5.74, 6) is 1.79. The summed E-state index contributed by atoms with van der Waals surface area (Å²) in [5.41, 5.74) is 3.52. The predicted molar refractivity (Wildman–Crippen MR) is 104 cm³/mol. The third-order valence-corrected chi connectivity index (χ3v) is 6.50. The van der Waals surface area contributed by atoms with Gasteiger partial charge in [0.25, 0.3) is 0 Å². The van der Waals surface area contributed by atoms with Gasteiger partial charge in [0.2, 0.25) is 0 Å². The Hall–Kier alpha value is -1.88. The first-order valence-corrected chi connectivity index (χ1v) is 9.84. The molecular weight excluding hydrogens is 326 g/mol. The van der Waals surface area contributed by atoms with Crippen molar-refractivity contribution in [3.63, 3.8) is 0 Å². The molecule has 3 heterocycles. The molecule has 0 aliphatic carbocycles. The molecule has 0 saturated carbocycles. The summed E-state index contributed by atoms with van der Waals surface area (Å²) >= 11 is 0. The van der Waals surface area contributed by atoms with Crippen LogP contribution in [0, 0.1) is 12.3 Å². The normalized spacial score (nSPS) is 26.9. The number of nitrogens with one attached hydrogen (secondary N) is 1. The quantitative estimate of drug-likeness (QED) is 0.902. The smallest absolute Gasteiger partial charge is 0.152 e. The van der Waals surface area contributed by atoms with E-state index < -0.39 is 0 Å². The van der Waals surface area contributed by atoms with Gasteiger partial charge >= 0.3 is 0 Å². The molecule has 0 amide bonds. The summed E-state index contributed by atoms with van der Waals surface area (Å²) in [6.45, 7) is 8.31. The summed E-state index contributed by atoms with van der Waals surface area (Å²) in [7, 11) is 0. The molecule has 0 aromatic heterocycles. The lowest BCUT2D eigenvalue weighted by Crippen LogP contribution is -2.47. The van der Waals surface area contributed by atoms with Crippen LogP contribution < -0.4 is 9.64 Å². The number of piperidine rings is 1. The monoisotopic (exact) mass is 355 g/mol. The summed E-state index contributed by atoms with van der Waals surface area (Å²) in [6.07, 6.45) is 5.06.